The van der Waals surface area contributed by atoms with Crippen molar-refractivity contribution < 1.29 is 14.3 Å². The van der Waals surface area contributed by atoms with Gasteiger partial charge in [-0.1, -0.05) is 72.8 Å². The van der Waals surface area contributed by atoms with Crippen LogP contribution in [0.1, 0.15) is 16.7 Å². The molecule has 0 radical (unpaired) electrons. The number of carbonyl (C=O) groups is 2. The van der Waals surface area contributed by atoms with Crippen LogP contribution >= 0.6 is 0 Å². The van der Waals surface area contributed by atoms with E-state index in [-0.39, 0.29) is 11.8 Å². The average molecular weight is 448 g/mol. The number of aliphatic imine (C=N–C) groups is 1. The van der Waals surface area contributed by atoms with Crippen LogP contribution < -0.4 is 15.0 Å². The van der Waals surface area contributed by atoms with Gasteiger partial charge in [-0.25, -0.2) is 14.8 Å². The number of nitrogens with zero attached hydrogens (tertiary/aromatic N) is 3. The standard InChI is InChI=1S/C27H20N4O3/c32-26-25(30-27(33)34-22-15-19-9-4-5-10-20(19)16-28-22)29-23(17-7-2-1-3-8-17)21-12-6-11-18-13-14-31(26)24(18)21/h1-12,15-16,25H,13-14H2,(H,30,33)/t25-/m0/s1. The molecule has 2 aliphatic rings. The quantitative estimate of drug-likeness (QED) is 0.512. The highest BCUT2D eigenvalue weighted by Crippen LogP contribution is 2.36. The molecular weight excluding hydrogens is 428 g/mol. The lowest BCUT2D eigenvalue weighted by Gasteiger charge is -2.20. The summed E-state index contributed by atoms with van der Waals surface area (Å²) >= 11 is 0. The number of rotatable bonds is 3. The first kappa shape index (κ1) is 20.1. The molecule has 1 atom stereocenters. The molecule has 2 aliphatic heterocycles. The van der Waals surface area contributed by atoms with Gasteiger partial charge in [0.05, 0.1) is 11.4 Å². The van der Waals surface area contributed by atoms with Gasteiger partial charge in [-0.3, -0.25) is 10.1 Å². The van der Waals surface area contributed by atoms with Crippen molar-refractivity contribution in [2.75, 3.05) is 11.4 Å². The highest BCUT2D eigenvalue weighted by Gasteiger charge is 2.37. The maximum absolute atomic E-state index is 13.4. The lowest BCUT2D eigenvalue weighted by Crippen LogP contribution is -2.47. The van der Waals surface area contributed by atoms with Crippen LogP contribution in [-0.2, 0) is 11.2 Å². The predicted octanol–water partition coefficient (Wildman–Crippen LogP) is 4.09. The number of ether oxygens (including phenoxy) is 1. The SMILES string of the molecule is O=C(N[C@@H]1N=C(c2ccccc2)c2cccc3c2N(CC3)C1=O)Oc1cc2ccccc2cn1. The zero-order valence-corrected chi connectivity index (χ0v) is 18.1. The maximum Gasteiger partial charge on any atom is 0.416 e. The molecule has 0 bridgehead atoms. The van der Waals surface area contributed by atoms with E-state index >= 15 is 0 Å². The molecule has 166 valence electrons. The third-order valence-electron chi connectivity index (χ3n) is 6.11. The minimum atomic E-state index is -1.12. The molecule has 0 spiro atoms. The molecule has 7 nitrogen and oxygen atoms in total. The Labute approximate surface area is 195 Å². The van der Waals surface area contributed by atoms with E-state index in [0.717, 1.165) is 39.6 Å². The monoisotopic (exact) mass is 448 g/mol. The maximum atomic E-state index is 13.4. The Kier molecular flexibility index (Phi) is 4.80. The molecule has 2 amide bonds. The van der Waals surface area contributed by atoms with Gasteiger partial charge < -0.3 is 9.64 Å². The van der Waals surface area contributed by atoms with E-state index in [2.05, 4.69) is 10.3 Å². The van der Waals surface area contributed by atoms with Crippen LogP contribution in [0.4, 0.5) is 10.5 Å². The highest BCUT2D eigenvalue weighted by molar-refractivity contribution is 6.21. The Hall–Kier alpha value is -4.52. The zero-order chi connectivity index (χ0) is 23.1. The van der Waals surface area contributed by atoms with Crippen LogP contribution in [0.2, 0.25) is 0 Å². The fraction of sp³-hybridized carbons (Fsp3) is 0.111. The molecule has 7 heteroatoms. The van der Waals surface area contributed by atoms with Crippen LogP contribution in [0, 0.1) is 0 Å². The first-order valence-electron chi connectivity index (χ1n) is 11.1. The Bertz CT molecular complexity index is 1470. The topological polar surface area (TPSA) is 83.9 Å². The molecule has 4 aromatic rings. The van der Waals surface area contributed by atoms with Gasteiger partial charge in [0.1, 0.15) is 0 Å². The number of aromatic nitrogens is 1. The molecule has 1 aromatic heterocycles. The van der Waals surface area contributed by atoms with Crippen LogP contribution in [0.5, 0.6) is 5.88 Å². The second kappa shape index (κ2) is 8.12. The van der Waals surface area contributed by atoms with Crippen molar-refractivity contribution >= 4 is 34.2 Å². The molecule has 34 heavy (non-hydrogen) atoms. The molecular formula is C27H20N4O3. The number of pyridine rings is 1. The van der Waals surface area contributed by atoms with E-state index in [4.69, 9.17) is 9.73 Å². The van der Waals surface area contributed by atoms with Gasteiger partial charge in [0, 0.05) is 35.3 Å². The lowest BCUT2D eigenvalue weighted by atomic mass is 9.98. The van der Waals surface area contributed by atoms with E-state index in [1.165, 1.54) is 0 Å². The van der Waals surface area contributed by atoms with Crippen LogP contribution in [0.25, 0.3) is 10.8 Å². The van der Waals surface area contributed by atoms with E-state index in [0.29, 0.717) is 12.3 Å². The summed E-state index contributed by atoms with van der Waals surface area (Å²) in [6.07, 6.45) is 0.488. The summed E-state index contributed by atoms with van der Waals surface area (Å²) in [5, 5.41) is 4.48. The molecule has 0 unspecified atom stereocenters. The number of para-hydroxylation sites is 1. The number of amides is 2. The molecule has 3 heterocycles. The predicted molar refractivity (Wildman–Crippen MR) is 129 cm³/mol. The summed E-state index contributed by atoms with van der Waals surface area (Å²) in [6.45, 7) is 0.544. The van der Waals surface area contributed by atoms with Crippen molar-refractivity contribution in [2.45, 2.75) is 12.6 Å². The minimum absolute atomic E-state index is 0.149. The van der Waals surface area contributed by atoms with Gasteiger partial charge in [-0.05, 0) is 17.4 Å². The van der Waals surface area contributed by atoms with Gasteiger partial charge in [-0.2, -0.15) is 0 Å². The molecule has 6 rings (SSSR count). The highest BCUT2D eigenvalue weighted by atomic mass is 16.6. The summed E-state index contributed by atoms with van der Waals surface area (Å²) in [5.41, 5.74) is 4.36. The van der Waals surface area contributed by atoms with Crippen molar-refractivity contribution in [2.24, 2.45) is 4.99 Å². The fourth-order valence-electron chi connectivity index (χ4n) is 4.54. The van der Waals surface area contributed by atoms with Crippen molar-refractivity contribution in [3.63, 3.8) is 0 Å². The number of benzene rings is 3. The van der Waals surface area contributed by atoms with Gasteiger partial charge in [0.15, 0.2) is 0 Å². The van der Waals surface area contributed by atoms with E-state index in [1.54, 1.807) is 17.2 Å². The van der Waals surface area contributed by atoms with Gasteiger partial charge >= 0.3 is 6.09 Å². The number of fused-ring (bicyclic) bond motifs is 1. The van der Waals surface area contributed by atoms with Gasteiger partial charge in [0.25, 0.3) is 5.91 Å². The lowest BCUT2D eigenvalue weighted by molar-refractivity contribution is -0.120. The van der Waals surface area contributed by atoms with Gasteiger partial charge in [0.2, 0.25) is 12.0 Å². The Morgan fingerprint density at radius 1 is 0.971 bits per heavy atom. The van der Waals surface area contributed by atoms with Gasteiger partial charge in [-0.15, -0.1) is 0 Å². The average Bonchev–Trinajstić information content (AvgIpc) is 3.26. The number of carbonyl (C=O) groups excluding carboxylic acids is 2. The second-order valence-electron chi connectivity index (χ2n) is 8.20. The van der Waals surface area contributed by atoms with Crippen LogP contribution in [0.3, 0.4) is 0 Å². The van der Waals surface area contributed by atoms with Crippen molar-refractivity contribution in [3.8, 4) is 5.88 Å². The molecule has 0 aliphatic carbocycles. The fourth-order valence-corrected chi connectivity index (χ4v) is 4.54. The largest absolute Gasteiger partial charge is 0.416 e. The first-order valence-corrected chi connectivity index (χ1v) is 11.1. The number of anilines is 1. The molecule has 3 aromatic carbocycles. The Morgan fingerprint density at radius 3 is 2.62 bits per heavy atom. The first-order chi connectivity index (χ1) is 16.7. The number of hydrogen-bond donors (Lipinski definition) is 1. The van der Waals surface area contributed by atoms with Crippen LogP contribution in [0.15, 0.2) is 90.1 Å². The third-order valence-corrected chi connectivity index (χ3v) is 6.11. The molecule has 1 N–H and O–H groups in total. The van der Waals surface area contributed by atoms with E-state index in [1.807, 2.05) is 72.8 Å². The van der Waals surface area contributed by atoms with Crippen molar-refractivity contribution in [3.05, 3.63) is 102 Å². The normalized spacial score (nSPS) is 16.6. The molecule has 0 fully saturated rings. The number of hydrogen-bond acceptors (Lipinski definition) is 5. The number of nitrogens with one attached hydrogen (secondary N) is 1. The molecule has 0 saturated heterocycles. The van der Waals surface area contributed by atoms with E-state index in [9.17, 15) is 9.59 Å². The second-order valence-corrected chi connectivity index (χ2v) is 8.20. The Balaban J connectivity index is 1.34. The summed E-state index contributed by atoms with van der Waals surface area (Å²) < 4.78 is 5.41. The zero-order valence-electron chi connectivity index (χ0n) is 18.1. The minimum Gasteiger partial charge on any atom is -0.391 e. The molecule has 0 saturated carbocycles. The summed E-state index contributed by atoms with van der Waals surface area (Å²) in [7, 11) is 0. The third kappa shape index (κ3) is 3.47. The summed E-state index contributed by atoms with van der Waals surface area (Å²) in [4.78, 5) is 36.9. The Morgan fingerprint density at radius 2 is 1.76 bits per heavy atom. The van der Waals surface area contributed by atoms with E-state index < -0.39 is 12.3 Å². The smallest absolute Gasteiger partial charge is 0.391 e. The van der Waals surface area contributed by atoms with Crippen molar-refractivity contribution in [1.29, 1.82) is 0 Å². The van der Waals surface area contributed by atoms with Crippen molar-refractivity contribution in [1.82, 2.24) is 10.3 Å². The van der Waals surface area contributed by atoms with Crippen LogP contribution in [-0.4, -0.2) is 35.4 Å². The summed E-state index contributed by atoms with van der Waals surface area (Å²) in [5.74, 6) is -0.142. The summed E-state index contributed by atoms with van der Waals surface area (Å²) in [6, 6.07) is 25.0.